The maximum Gasteiger partial charge on any atom is 0.146 e. The fourth-order valence-electron chi connectivity index (χ4n) is 3.47. The van der Waals surface area contributed by atoms with Crippen molar-refractivity contribution in [3.8, 4) is 0 Å². The van der Waals surface area contributed by atoms with Gasteiger partial charge in [0.2, 0.25) is 0 Å². The van der Waals surface area contributed by atoms with Gasteiger partial charge in [-0.3, -0.25) is 0 Å². The highest BCUT2D eigenvalue weighted by molar-refractivity contribution is 5.16. The van der Waals surface area contributed by atoms with Gasteiger partial charge < -0.3 is 15.3 Å². The molecule has 3 heteroatoms. The molecule has 0 unspecified atom stereocenters. The van der Waals surface area contributed by atoms with Crippen molar-refractivity contribution in [2.75, 3.05) is 27.2 Å². The highest BCUT2D eigenvalue weighted by Crippen LogP contribution is 2.24. The van der Waals surface area contributed by atoms with Crippen molar-refractivity contribution in [3.05, 3.63) is 35.9 Å². The summed E-state index contributed by atoms with van der Waals surface area (Å²) < 4.78 is 0. The molecule has 1 saturated carbocycles. The first-order chi connectivity index (χ1) is 9.64. The van der Waals surface area contributed by atoms with Crippen molar-refractivity contribution in [2.45, 2.75) is 43.7 Å². The van der Waals surface area contributed by atoms with Crippen molar-refractivity contribution in [1.82, 2.24) is 0 Å². The molecule has 1 aliphatic rings. The lowest BCUT2D eigenvalue weighted by molar-refractivity contribution is -0.935. The van der Waals surface area contributed by atoms with Gasteiger partial charge in [0.15, 0.2) is 0 Å². The lowest BCUT2D eigenvalue weighted by atomic mass is 9.80. The zero-order chi connectivity index (χ0) is 14.4. The summed E-state index contributed by atoms with van der Waals surface area (Å²) in [4.78, 5) is 1.57. The van der Waals surface area contributed by atoms with E-state index >= 15 is 0 Å². The van der Waals surface area contributed by atoms with E-state index < -0.39 is 0 Å². The van der Waals surface area contributed by atoms with Gasteiger partial charge in [-0.25, -0.2) is 0 Å². The molecule has 0 heterocycles. The van der Waals surface area contributed by atoms with Crippen molar-refractivity contribution in [1.29, 1.82) is 0 Å². The van der Waals surface area contributed by atoms with Crippen LogP contribution in [0, 0.1) is 0 Å². The third kappa shape index (κ3) is 3.81. The first-order valence-corrected chi connectivity index (χ1v) is 7.99. The summed E-state index contributed by atoms with van der Waals surface area (Å²) in [5.74, 6) is 0. The molecule has 0 amide bonds. The van der Waals surface area contributed by atoms with Crippen LogP contribution in [0.1, 0.15) is 43.8 Å². The van der Waals surface area contributed by atoms with Gasteiger partial charge in [-0.05, 0) is 18.4 Å². The van der Waals surface area contributed by atoms with Crippen LogP contribution in [0.3, 0.4) is 0 Å². The Kier molecular flexibility index (Phi) is 5.58. The number of likely N-dealkylation sites (N-methyl/N-ethyl adjacent to an activating group) is 1. The molecule has 0 bridgehead atoms. The van der Waals surface area contributed by atoms with Crippen LogP contribution in [-0.2, 0) is 0 Å². The van der Waals surface area contributed by atoms with Crippen LogP contribution >= 0.6 is 0 Å². The number of hydrogen-bond acceptors (Lipinski definition) is 1. The zero-order valence-electron chi connectivity index (χ0n) is 12.9. The van der Waals surface area contributed by atoms with E-state index in [9.17, 15) is 5.11 Å². The van der Waals surface area contributed by atoms with Crippen LogP contribution in [0.5, 0.6) is 0 Å². The molecule has 2 rings (SSSR count). The van der Waals surface area contributed by atoms with Gasteiger partial charge in [-0.2, -0.15) is 0 Å². The second-order valence-corrected chi connectivity index (χ2v) is 6.50. The SMILES string of the molecule is C[NH+](C)C1(C[NH2+]C[C@@H](O)c2ccccc2)CCCCC1. The summed E-state index contributed by atoms with van der Waals surface area (Å²) in [6.45, 7) is 1.89. The number of nitrogens with one attached hydrogen (secondary N) is 1. The Balaban J connectivity index is 1.84. The Morgan fingerprint density at radius 1 is 1.15 bits per heavy atom. The average Bonchev–Trinajstić information content (AvgIpc) is 2.49. The highest BCUT2D eigenvalue weighted by atomic mass is 16.3. The molecular weight excluding hydrogens is 248 g/mol. The Bertz CT molecular complexity index is 385. The topological polar surface area (TPSA) is 41.3 Å². The van der Waals surface area contributed by atoms with Crippen LogP contribution < -0.4 is 10.2 Å². The van der Waals surface area contributed by atoms with E-state index in [-0.39, 0.29) is 6.10 Å². The number of benzene rings is 1. The van der Waals surface area contributed by atoms with E-state index in [2.05, 4.69) is 19.4 Å². The lowest BCUT2D eigenvalue weighted by Crippen LogP contribution is -3.19. The van der Waals surface area contributed by atoms with E-state index in [1.54, 1.807) is 4.90 Å². The minimum absolute atomic E-state index is 0.353. The van der Waals surface area contributed by atoms with Gasteiger partial charge in [0.25, 0.3) is 0 Å². The predicted octanol–water partition coefficient (Wildman–Crippen LogP) is 0.131. The zero-order valence-corrected chi connectivity index (χ0v) is 12.9. The Hall–Kier alpha value is -0.900. The molecule has 1 aliphatic carbocycles. The smallest absolute Gasteiger partial charge is 0.146 e. The maximum atomic E-state index is 10.2. The molecule has 0 spiro atoms. The minimum Gasteiger partial charge on any atom is -0.382 e. The van der Waals surface area contributed by atoms with Gasteiger partial charge in [-0.15, -0.1) is 0 Å². The first-order valence-electron chi connectivity index (χ1n) is 7.99. The van der Waals surface area contributed by atoms with Gasteiger partial charge in [0, 0.05) is 12.8 Å². The van der Waals surface area contributed by atoms with E-state index in [4.69, 9.17) is 0 Å². The van der Waals surface area contributed by atoms with E-state index in [1.807, 2.05) is 30.3 Å². The van der Waals surface area contributed by atoms with Crippen molar-refractivity contribution in [3.63, 3.8) is 0 Å². The van der Waals surface area contributed by atoms with Crippen molar-refractivity contribution in [2.24, 2.45) is 0 Å². The first kappa shape index (κ1) is 15.5. The monoisotopic (exact) mass is 278 g/mol. The summed E-state index contributed by atoms with van der Waals surface area (Å²) in [6, 6.07) is 9.99. The summed E-state index contributed by atoms with van der Waals surface area (Å²) in [7, 11) is 4.57. The fraction of sp³-hybridized carbons (Fsp3) is 0.647. The molecule has 4 N–H and O–H groups in total. The average molecular weight is 278 g/mol. The normalized spacial score (nSPS) is 20.0. The second-order valence-electron chi connectivity index (χ2n) is 6.50. The second kappa shape index (κ2) is 7.21. The third-order valence-corrected chi connectivity index (χ3v) is 4.98. The molecule has 0 saturated heterocycles. The summed E-state index contributed by atoms with van der Waals surface area (Å²) >= 11 is 0. The van der Waals surface area contributed by atoms with Gasteiger partial charge in [0.1, 0.15) is 24.7 Å². The number of aliphatic hydroxyl groups excluding tert-OH is 1. The Labute approximate surface area is 123 Å². The molecule has 1 aromatic carbocycles. The molecule has 3 nitrogen and oxygen atoms in total. The standard InChI is InChI=1S/C17H28N2O/c1-19(2)17(11-7-4-8-12-17)14-18-13-16(20)15-9-5-3-6-10-15/h3,5-6,9-10,16,18,20H,4,7-8,11-14H2,1-2H3/p+2/t16-/m1/s1. The minimum atomic E-state index is -0.353. The molecule has 1 aromatic rings. The molecule has 1 fully saturated rings. The molecular formula is C17H30N2O+2. The predicted molar refractivity (Wildman–Crippen MR) is 81.7 cm³/mol. The van der Waals surface area contributed by atoms with Gasteiger partial charge in [0.05, 0.1) is 14.1 Å². The molecule has 1 atom stereocenters. The largest absolute Gasteiger partial charge is 0.382 e. The van der Waals surface area contributed by atoms with Gasteiger partial charge >= 0.3 is 0 Å². The number of hydrogen-bond donors (Lipinski definition) is 3. The highest BCUT2D eigenvalue weighted by Gasteiger charge is 2.39. The molecule has 112 valence electrons. The summed E-state index contributed by atoms with van der Waals surface area (Å²) in [6.07, 6.45) is 6.41. The number of aliphatic hydroxyl groups is 1. The van der Waals surface area contributed by atoms with Crippen LogP contribution in [0.15, 0.2) is 30.3 Å². The molecule has 0 radical (unpaired) electrons. The van der Waals surface area contributed by atoms with Gasteiger partial charge in [-0.1, -0.05) is 36.8 Å². The van der Waals surface area contributed by atoms with E-state index in [1.165, 1.54) is 32.1 Å². The third-order valence-electron chi connectivity index (χ3n) is 4.98. The van der Waals surface area contributed by atoms with Crippen molar-refractivity contribution < 1.29 is 15.3 Å². The number of rotatable bonds is 6. The van der Waals surface area contributed by atoms with E-state index in [0.29, 0.717) is 5.54 Å². The Morgan fingerprint density at radius 2 is 1.80 bits per heavy atom. The number of quaternary nitrogens is 2. The van der Waals surface area contributed by atoms with Crippen LogP contribution in [-0.4, -0.2) is 37.8 Å². The Morgan fingerprint density at radius 3 is 2.40 bits per heavy atom. The van der Waals surface area contributed by atoms with E-state index in [0.717, 1.165) is 18.7 Å². The summed E-state index contributed by atoms with van der Waals surface area (Å²) in [5, 5.41) is 12.5. The van der Waals surface area contributed by atoms with Crippen molar-refractivity contribution >= 4 is 0 Å². The molecule has 20 heavy (non-hydrogen) atoms. The molecule has 0 aliphatic heterocycles. The van der Waals surface area contributed by atoms with Crippen LogP contribution in [0.25, 0.3) is 0 Å². The van der Waals surface area contributed by atoms with Crippen LogP contribution in [0.2, 0.25) is 0 Å². The van der Waals surface area contributed by atoms with Crippen LogP contribution in [0.4, 0.5) is 0 Å². The molecule has 0 aromatic heterocycles. The lowest BCUT2D eigenvalue weighted by Gasteiger charge is -2.38. The number of nitrogens with two attached hydrogens (primary N) is 1. The fourth-order valence-corrected chi connectivity index (χ4v) is 3.47. The maximum absolute atomic E-state index is 10.2. The quantitative estimate of drug-likeness (QED) is 0.680. The summed E-state index contributed by atoms with van der Waals surface area (Å²) in [5.41, 5.74) is 1.44.